The fraction of sp³-hybridized carbons (Fsp3) is 0.240. The van der Waals surface area contributed by atoms with Crippen molar-refractivity contribution in [3.63, 3.8) is 0 Å². The first-order chi connectivity index (χ1) is 15.7. The molecule has 2 aromatic heterocycles. The molecule has 7 heteroatoms. The number of anilines is 1. The van der Waals surface area contributed by atoms with Crippen molar-refractivity contribution in [3.05, 3.63) is 84.3 Å². The van der Waals surface area contributed by atoms with Gasteiger partial charge in [-0.1, -0.05) is 30.3 Å². The molecule has 32 heavy (non-hydrogen) atoms. The van der Waals surface area contributed by atoms with Crippen LogP contribution in [0, 0.1) is 0 Å². The summed E-state index contributed by atoms with van der Waals surface area (Å²) in [5.41, 5.74) is 2.82. The summed E-state index contributed by atoms with van der Waals surface area (Å²) in [6, 6.07) is 19.8. The number of hydrogen-bond donors (Lipinski definition) is 0. The molecule has 5 rings (SSSR count). The SMILES string of the molecule is Cn1c(C(=O)N2CCN(c3ncccn3)CC2)cc2cc(OCc3ccccc3)ccc21. The summed E-state index contributed by atoms with van der Waals surface area (Å²) in [5, 5.41) is 0.998. The van der Waals surface area contributed by atoms with Gasteiger partial charge >= 0.3 is 0 Å². The van der Waals surface area contributed by atoms with Crippen LogP contribution in [0.1, 0.15) is 16.1 Å². The molecule has 0 spiro atoms. The zero-order valence-electron chi connectivity index (χ0n) is 18.0. The van der Waals surface area contributed by atoms with E-state index >= 15 is 0 Å². The zero-order valence-corrected chi connectivity index (χ0v) is 18.0. The van der Waals surface area contributed by atoms with Crippen molar-refractivity contribution >= 4 is 22.8 Å². The van der Waals surface area contributed by atoms with Crippen LogP contribution in [0.25, 0.3) is 10.9 Å². The van der Waals surface area contributed by atoms with Crippen molar-refractivity contribution in [2.45, 2.75) is 6.61 Å². The van der Waals surface area contributed by atoms with Gasteiger partial charge in [-0.3, -0.25) is 4.79 Å². The van der Waals surface area contributed by atoms with Crippen LogP contribution in [0.5, 0.6) is 5.75 Å². The standard InChI is InChI=1S/C25H25N5O2/c1-28-22-9-8-21(32-18-19-6-3-2-4-7-19)16-20(22)17-23(28)24(31)29-12-14-30(15-13-29)25-26-10-5-11-27-25/h2-11,16-17H,12-15,18H2,1H3. The number of benzene rings is 2. The van der Waals surface area contributed by atoms with Gasteiger partial charge in [0.1, 0.15) is 18.1 Å². The maximum atomic E-state index is 13.3. The second-order valence-electron chi connectivity index (χ2n) is 7.91. The largest absolute Gasteiger partial charge is 0.489 e. The highest BCUT2D eigenvalue weighted by atomic mass is 16.5. The van der Waals surface area contributed by atoms with Crippen LogP contribution >= 0.6 is 0 Å². The van der Waals surface area contributed by atoms with Crippen molar-refractivity contribution in [3.8, 4) is 5.75 Å². The number of piperazine rings is 1. The fourth-order valence-corrected chi connectivity index (χ4v) is 4.09. The summed E-state index contributed by atoms with van der Waals surface area (Å²) in [5.74, 6) is 1.55. The van der Waals surface area contributed by atoms with Gasteiger partial charge in [0.25, 0.3) is 5.91 Å². The molecule has 0 bridgehead atoms. The Balaban J connectivity index is 1.28. The molecule has 0 aliphatic carbocycles. The predicted octanol–water partition coefficient (Wildman–Crippen LogP) is 3.51. The Hall–Kier alpha value is -3.87. The first-order valence-electron chi connectivity index (χ1n) is 10.8. The minimum Gasteiger partial charge on any atom is -0.489 e. The summed E-state index contributed by atoms with van der Waals surface area (Å²) in [6.07, 6.45) is 3.49. The molecule has 0 unspecified atom stereocenters. The number of fused-ring (bicyclic) bond motifs is 1. The summed E-state index contributed by atoms with van der Waals surface area (Å²) < 4.78 is 7.92. The average molecular weight is 428 g/mol. The van der Waals surface area contributed by atoms with Gasteiger partial charge in [0, 0.05) is 56.5 Å². The van der Waals surface area contributed by atoms with Gasteiger partial charge in [-0.25, -0.2) is 9.97 Å². The number of hydrogen-bond acceptors (Lipinski definition) is 5. The molecule has 1 aliphatic heterocycles. The molecule has 2 aromatic carbocycles. The molecule has 1 fully saturated rings. The molecular formula is C25H25N5O2. The van der Waals surface area contributed by atoms with E-state index in [1.54, 1.807) is 12.4 Å². The third kappa shape index (κ3) is 4.01. The summed E-state index contributed by atoms with van der Waals surface area (Å²) in [7, 11) is 1.94. The van der Waals surface area contributed by atoms with Crippen LogP contribution in [0.15, 0.2) is 73.1 Å². The number of nitrogens with zero attached hydrogens (tertiary/aromatic N) is 5. The third-order valence-electron chi connectivity index (χ3n) is 5.88. The third-order valence-corrected chi connectivity index (χ3v) is 5.88. The number of carbonyl (C=O) groups excluding carboxylic acids is 1. The van der Waals surface area contributed by atoms with Crippen molar-refractivity contribution in [1.29, 1.82) is 0 Å². The molecule has 0 saturated carbocycles. The van der Waals surface area contributed by atoms with E-state index in [9.17, 15) is 4.79 Å². The molecule has 3 heterocycles. The normalized spacial score (nSPS) is 14.0. The van der Waals surface area contributed by atoms with Crippen molar-refractivity contribution < 1.29 is 9.53 Å². The number of carbonyl (C=O) groups is 1. The van der Waals surface area contributed by atoms with E-state index in [1.807, 2.05) is 77.2 Å². The van der Waals surface area contributed by atoms with Gasteiger partial charge in [0.2, 0.25) is 5.95 Å². The smallest absolute Gasteiger partial charge is 0.270 e. The van der Waals surface area contributed by atoms with Crippen molar-refractivity contribution in [2.24, 2.45) is 7.05 Å². The second kappa shape index (κ2) is 8.70. The molecular weight excluding hydrogens is 402 g/mol. The molecule has 1 aliphatic rings. The molecule has 162 valence electrons. The number of aryl methyl sites for hydroxylation is 1. The molecule has 0 atom stereocenters. The zero-order chi connectivity index (χ0) is 21.9. The Morgan fingerprint density at radius 1 is 0.938 bits per heavy atom. The van der Waals surface area contributed by atoms with Crippen LogP contribution in [-0.2, 0) is 13.7 Å². The molecule has 7 nitrogen and oxygen atoms in total. The van der Waals surface area contributed by atoms with Crippen LogP contribution in [0.4, 0.5) is 5.95 Å². The van der Waals surface area contributed by atoms with Crippen LogP contribution in [0.2, 0.25) is 0 Å². The van der Waals surface area contributed by atoms with E-state index in [0.717, 1.165) is 35.3 Å². The van der Waals surface area contributed by atoms with Gasteiger partial charge in [-0.15, -0.1) is 0 Å². The Kier molecular flexibility index (Phi) is 5.46. The van der Waals surface area contributed by atoms with Crippen molar-refractivity contribution in [2.75, 3.05) is 31.1 Å². The maximum Gasteiger partial charge on any atom is 0.270 e. The average Bonchev–Trinajstić information content (AvgIpc) is 3.19. The monoisotopic (exact) mass is 427 g/mol. The number of amides is 1. The first kappa shape index (κ1) is 20.1. The van der Waals surface area contributed by atoms with E-state index in [2.05, 4.69) is 14.9 Å². The Labute approximate surface area is 186 Å². The minimum absolute atomic E-state index is 0.0454. The predicted molar refractivity (Wildman–Crippen MR) is 124 cm³/mol. The number of aromatic nitrogens is 3. The lowest BCUT2D eigenvalue weighted by Gasteiger charge is -2.34. The lowest BCUT2D eigenvalue weighted by molar-refractivity contribution is 0.0737. The molecule has 0 radical (unpaired) electrons. The highest BCUT2D eigenvalue weighted by Crippen LogP contribution is 2.26. The maximum absolute atomic E-state index is 13.3. The van der Waals surface area contributed by atoms with E-state index in [1.165, 1.54) is 0 Å². The highest BCUT2D eigenvalue weighted by molar-refractivity contribution is 5.99. The van der Waals surface area contributed by atoms with E-state index in [-0.39, 0.29) is 5.91 Å². The van der Waals surface area contributed by atoms with Crippen LogP contribution in [-0.4, -0.2) is 51.5 Å². The van der Waals surface area contributed by atoms with E-state index in [4.69, 9.17) is 4.74 Å². The molecule has 0 N–H and O–H groups in total. The van der Waals surface area contributed by atoms with Crippen molar-refractivity contribution in [1.82, 2.24) is 19.4 Å². The summed E-state index contributed by atoms with van der Waals surface area (Å²) in [4.78, 5) is 25.9. The number of ether oxygens (including phenoxy) is 1. The Bertz CT molecular complexity index is 1220. The highest BCUT2D eigenvalue weighted by Gasteiger charge is 2.25. The minimum atomic E-state index is 0.0454. The second-order valence-corrected chi connectivity index (χ2v) is 7.91. The molecule has 1 amide bonds. The van der Waals surface area contributed by atoms with Crippen LogP contribution < -0.4 is 9.64 Å². The quantitative estimate of drug-likeness (QED) is 0.488. The summed E-state index contributed by atoms with van der Waals surface area (Å²) >= 11 is 0. The molecule has 4 aromatic rings. The lowest BCUT2D eigenvalue weighted by Crippen LogP contribution is -2.49. The first-order valence-corrected chi connectivity index (χ1v) is 10.8. The van der Waals surface area contributed by atoms with Crippen LogP contribution in [0.3, 0.4) is 0 Å². The lowest BCUT2D eigenvalue weighted by atomic mass is 10.2. The van der Waals surface area contributed by atoms with E-state index < -0.39 is 0 Å². The van der Waals surface area contributed by atoms with Gasteiger partial charge in [0.05, 0.1) is 0 Å². The van der Waals surface area contributed by atoms with Gasteiger partial charge in [-0.05, 0) is 35.9 Å². The fourth-order valence-electron chi connectivity index (χ4n) is 4.09. The van der Waals surface area contributed by atoms with Gasteiger partial charge < -0.3 is 19.1 Å². The molecule has 1 saturated heterocycles. The van der Waals surface area contributed by atoms with Gasteiger partial charge in [0.15, 0.2) is 0 Å². The van der Waals surface area contributed by atoms with E-state index in [0.29, 0.717) is 31.3 Å². The summed E-state index contributed by atoms with van der Waals surface area (Å²) in [6.45, 7) is 3.24. The topological polar surface area (TPSA) is 63.5 Å². The Morgan fingerprint density at radius 3 is 2.44 bits per heavy atom. The van der Waals surface area contributed by atoms with Gasteiger partial charge in [-0.2, -0.15) is 0 Å². The Morgan fingerprint density at radius 2 is 1.69 bits per heavy atom. The number of rotatable bonds is 5.